The van der Waals surface area contributed by atoms with Gasteiger partial charge in [0.2, 0.25) is 5.95 Å². The molecule has 1 aromatic heterocycles. The van der Waals surface area contributed by atoms with Gasteiger partial charge in [-0.25, -0.2) is 10.8 Å². The summed E-state index contributed by atoms with van der Waals surface area (Å²) < 4.78 is 0. The van der Waals surface area contributed by atoms with E-state index in [0.29, 0.717) is 11.8 Å². The third-order valence-corrected chi connectivity index (χ3v) is 2.92. The number of hydrogen-bond donors (Lipinski definition) is 4. The number of nitrogen functional groups attached to an aromatic ring is 1. The van der Waals surface area contributed by atoms with Crippen LogP contribution in [0.1, 0.15) is 12.5 Å². The maximum absolute atomic E-state index is 9.68. The average molecular weight is 259 g/mol. The average Bonchev–Trinajstić information content (AvgIpc) is 2.48. The predicted octanol–water partition coefficient (Wildman–Crippen LogP) is 1.08. The van der Waals surface area contributed by atoms with Gasteiger partial charge in [-0.2, -0.15) is 4.98 Å². The van der Waals surface area contributed by atoms with Crippen molar-refractivity contribution in [1.82, 2.24) is 9.97 Å². The Balaban J connectivity index is 2.27. The van der Waals surface area contributed by atoms with E-state index in [0.717, 1.165) is 5.56 Å². The molecule has 6 nitrogen and oxygen atoms in total. The highest BCUT2D eigenvalue weighted by Gasteiger charge is 2.25. The first-order chi connectivity index (χ1) is 9.18. The monoisotopic (exact) mass is 259 g/mol. The lowest BCUT2D eigenvalue weighted by molar-refractivity contribution is 0.223. The van der Waals surface area contributed by atoms with Gasteiger partial charge in [-0.05, 0) is 18.6 Å². The van der Waals surface area contributed by atoms with Crippen molar-refractivity contribution in [3.63, 3.8) is 0 Å². The summed E-state index contributed by atoms with van der Waals surface area (Å²) >= 11 is 0. The molecular formula is C13H17N5O. The summed E-state index contributed by atoms with van der Waals surface area (Å²) in [5.74, 6) is 6.18. The molecule has 0 radical (unpaired) electrons. The van der Waals surface area contributed by atoms with E-state index < -0.39 is 5.54 Å². The maximum Gasteiger partial charge on any atom is 0.239 e. The summed E-state index contributed by atoms with van der Waals surface area (Å²) in [6, 6.07) is 11.4. The molecule has 0 saturated carbocycles. The number of hydrazine groups is 1. The van der Waals surface area contributed by atoms with Crippen LogP contribution in [0.2, 0.25) is 0 Å². The first-order valence-corrected chi connectivity index (χ1v) is 5.92. The van der Waals surface area contributed by atoms with Gasteiger partial charge in [0, 0.05) is 6.20 Å². The van der Waals surface area contributed by atoms with Crippen LogP contribution in [0.5, 0.6) is 0 Å². The quantitative estimate of drug-likeness (QED) is 0.474. The van der Waals surface area contributed by atoms with Crippen LogP contribution in [0.4, 0.5) is 11.8 Å². The third kappa shape index (κ3) is 2.98. The zero-order valence-electron chi connectivity index (χ0n) is 10.7. The number of aliphatic hydroxyl groups is 1. The van der Waals surface area contributed by atoms with Crippen LogP contribution in [0.3, 0.4) is 0 Å². The van der Waals surface area contributed by atoms with Gasteiger partial charge in [0.25, 0.3) is 0 Å². The number of rotatable bonds is 5. The van der Waals surface area contributed by atoms with Crippen molar-refractivity contribution in [1.29, 1.82) is 0 Å². The van der Waals surface area contributed by atoms with Crippen LogP contribution >= 0.6 is 0 Å². The van der Waals surface area contributed by atoms with Crippen LogP contribution < -0.4 is 16.6 Å². The number of nitrogens with one attached hydrogen (secondary N) is 2. The highest BCUT2D eigenvalue weighted by Crippen LogP contribution is 2.24. The molecule has 1 unspecified atom stereocenters. The molecule has 19 heavy (non-hydrogen) atoms. The molecule has 1 aromatic carbocycles. The molecule has 6 heteroatoms. The van der Waals surface area contributed by atoms with Gasteiger partial charge in [0.1, 0.15) is 5.82 Å². The minimum absolute atomic E-state index is 0.0631. The highest BCUT2D eigenvalue weighted by atomic mass is 16.3. The number of hydrogen-bond acceptors (Lipinski definition) is 6. The lowest BCUT2D eigenvalue weighted by Crippen LogP contribution is -2.36. The normalized spacial score (nSPS) is 13.6. The number of nitrogens with zero attached hydrogens (tertiary/aromatic N) is 2. The van der Waals surface area contributed by atoms with Crippen molar-refractivity contribution in [2.75, 3.05) is 17.3 Å². The zero-order chi connectivity index (χ0) is 13.7. The number of aliphatic hydroxyl groups excluding tert-OH is 1. The molecule has 100 valence electrons. The Kier molecular flexibility index (Phi) is 3.94. The molecule has 0 fully saturated rings. The molecule has 0 aliphatic rings. The smallest absolute Gasteiger partial charge is 0.239 e. The van der Waals surface area contributed by atoms with Gasteiger partial charge in [0.15, 0.2) is 0 Å². The topological polar surface area (TPSA) is 96.1 Å². The molecule has 1 atom stereocenters. The van der Waals surface area contributed by atoms with Crippen molar-refractivity contribution in [3.8, 4) is 0 Å². The Bertz CT molecular complexity index is 534. The van der Waals surface area contributed by atoms with Gasteiger partial charge in [-0.3, -0.25) is 5.43 Å². The Labute approximate surface area is 111 Å². The highest BCUT2D eigenvalue weighted by molar-refractivity contribution is 5.44. The van der Waals surface area contributed by atoms with Gasteiger partial charge >= 0.3 is 0 Å². The molecule has 2 aromatic rings. The summed E-state index contributed by atoms with van der Waals surface area (Å²) in [6.45, 7) is 1.84. The molecule has 1 heterocycles. The van der Waals surface area contributed by atoms with E-state index in [1.165, 1.54) is 0 Å². The second kappa shape index (κ2) is 5.64. The van der Waals surface area contributed by atoms with E-state index >= 15 is 0 Å². The Morgan fingerprint density at radius 3 is 2.63 bits per heavy atom. The molecule has 0 aliphatic heterocycles. The fourth-order valence-electron chi connectivity index (χ4n) is 1.79. The fourth-order valence-corrected chi connectivity index (χ4v) is 1.79. The minimum atomic E-state index is -0.624. The summed E-state index contributed by atoms with van der Waals surface area (Å²) in [5, 5.41) is 12.9. The maximum atomic E-state index is 9.68. The Morgan fingerprint density at radius 1 is 1.26 bits per heavy atom. The van der Waals surface area contributed by atoms with Gasteiger partial charge < -0.3 is 10.4 Å². The van der Waals surface area contributed by atoms with E-state index in [-0.39, 0.29) is 6.61 Å². The number of aromatic nitrogens is 2. The van der Waals surface area contributed by atoms with E-state index in [4.69, 9.17) is 5.84 Å². The number of benzene rings is 1. The van der Waals surface area contributed by atoms with Crippen molar-refractivity contribution in [3.05, 3.63) is 48.2 Å². The lowest BCUT2D eigenvalue weighted by Gasteiger charge is -2.30. The van der Waals surface area contributed by atoms with E-state index in [9.17, 15) is 5.11 Å². The molecule has 0 amide bonds. The molecular weight excluding hydrogens is 242 g/mol. The summed E-state index contributed by atoms with van der Waals surface area (Å²) in [5.41, 5.74) is 2.73. The molecule has 0 spiro atoms. The minimum Gasteiger partial charge on any atom is -0.394 e. The van der Waals surface area contributed by atoms with Gasteiger partial charge in [-0.15, -0.1) is 0 Å². The fraction of sp³-hybridized carbons (Fsp3) is 0.231. The van der Waals surface area contributed by atoms with Crippen LogP contribution in [-0.4, -0.2) is 21.7 Å². The van der Waals surface area contributed by atoms with Gasteiger partial charge in [0.05, 0.1) is 12.1 Å². The Hall–Kier alpha value is -2.18. The molecule has 0 aliphatic carbocycles. The van der Waals surface area contributed by atoms with E-state index in [1.54, 1.807) is 12.3 Å². The number of anilines is 2. The van der Waals surface area contributed by atoms with Crippen LogP contribution in [-0.2, 0) is 5.54 Å². The van der Waals surface area contributed by atoms with E-state index in [1.807, 2.05) is 37.3 Å². The largest absolute Gasteiger partial charge is 0.394 e. The second-order valence-electron chi connectivity index (χ2n) is 4.39. The standard InChI is InChI=1S/C13H17N5O/c1-13(9-19,10-5-3-2-4-6-10)17-11-7-8-15-12(16-11)18-14/h2-8,19H,9,14H2,1H3,(H2,15,16,17,18). The molecule has 0 bridgehead atoms. The second-order valence-corrected chi connectivity index (χ2v) is 4.39. The Morgan fingerprint density at radius 2 is 2.00 bits per heavy atom. The van der Waals surface area contributed by atoms with Crippen LogP contribution in [0.25, 0.3) is 0 Å². The zero-order valence-corrected chi connectivity index (χ0v) is 10.7. The first kappa shape index (κ1) is 13.3. The summed E-state index contributed by atoms with van der Waals surface area (Å²) in [4.78, 5) is 8.12. The molecule has 2 rings (SSSR count). The van der Waals surface area contributed by atoms with Crippen molar-refractivity contribution >= 4 is 11.8 Å². The molecule has 5 N–H and O–H groups in total. The lowest BCUT2D eigenvalue weighted by atomic mass is 9.93. The van der Waals surface area contributed by atoms with Crippen molar-refractivity contribution in [2.45, 2.75) is 12.5 Å². The predicted molar refractivity (Wildman–Crippen MR) is 74.3 cm³/mol. The van der Waals surface area contributed by atoms with Crippen LogP contribution in [0, 0.1) is 0 Å². The SMILES string of the molecule is CC(CO)(Nc1ccnc(NN)n1)c1ccccc1. The first-order valence-electron chi connectivity index (χ1n) is 5.92. The number of nitrogens with two attached hydrogens (primary N) is 1. The van der Waals surface area contributed by atoms with Crippen molar-refractivity contribution < 1.29 is 5.11 Å². The molecule has 0 saturated heterocycles. The summed E-state index contributed by atoms with van der Waals surface area (Å²) in [6.07, 6.45) is 1.59. The summed E-state index contributed by atoms with van der Waals surface area (Å²) in [7, 11) is 0. The third-order valence-electron chi connectivity index (χ3n) is 2.92. The van der Waals surface area contributed by atoms with Crippen molar-refractivity contribution in [2.24, 2.45) is 5.84 Å². The van der Waals surface area contributed by atoms with Crippen LogP contribution in [0.15, 0.2) is 42.6 Å². The van der Waals surface area contributed by atoms with Gasteiger partial charge in [-0.1, -0.05) is 30.3 Å². The van der Waals surface area contributed by atoms with E-state index in [2.05, 4.69) is 20.7 Å².